The van der Waals surface area contributed by atoms with Crippen LogP contribution in [0.5, 0.6) is 5.75 Å². The third-order valence-electron chi connectivity index (χ3n) is 3.71. The topological polar surface area (TPSA) is 24.5 Å². The van der Waals surface area contributed by atoms with Crippen LogP contribution in [0.25, 0.3) is 0 Å². The van der Waals surface area contributed by atoms with Gasteiger partial charge in [-0.2, -0.15) is 8.78 Å². The second kappa shape index (κ2) is 8.06. The van der Waals surface area contributed by atoms with Gasteiger partial charge in [-0.05, 0) is 57.1 Å². The molecule has 0 amide bonds. The summed E-state index contributed by atoms with van der Waals surface area (Å²) in [5.41, 5.74) is 0.744. The Morgan fingerprint density at radius 2 is 2.29 bits per heavy atom. The number of alkyl halides is 2. The van der Waals surface area contributed by atoms with E-state index in [9.17, 15) is 8.78 Å². The zero-order valence-electron chi connectivity index (χ0n) is 12.1. The first-order valence-corrected chi connectivity index (χ1v) is 7.96. The maximum atomic E-state index is 12.4. The van der Waals surface area contributed by atoms with Crippen LogP contribution in [0.4, 0.5) is 8.78 Å². The summed E-state index contributed by atoms with van der Waals surface area (Å²) in [6.45, 7) is 0.879. The lowest BCUT2D eigenvalue weighted by molar-refractivity contribution is -0.0505. The molecule has 1 aliphatic heterocycles. The molecule has 6 heteroatoms. The average Bonchev–Trinajstić information content (AvgIpc) is 2.41. The smallest absolute Gasteiger partial charge is 0.387 e. The Hall–Kier alpha value is -0.720. The number of likely N-dealkylation sites (tertiary alicyclic amines) is 1. The van der Waals surface area contributed by atoms with Gasteiger partial charge in [0.1, 0.15) is 5.75 Å². The highest BCUT2D eigenvalue weighted by Crippen LogP contribution is 2.25. The van der Waals surface area contributed by atoms with Crippen molar-refractivity contribution in [2.24, 2.45) is 5.92 Å². The zero-order valence-corrected chi connectivity index (χ0v) is 13.7. The number of nitrogens with one attached hydrogen (secondary N) is 1. The minimum Gasteiger partial charge on any atom is -0.434 e. The fourth-order valence-corrected chi connectivity index (χ4v) is 3.16. The highest BCUT2D eigenvalue weighted by Gasteiger charge is 2.17. The second-order valence-corrected chi connectivity index (χ2v) is 6.45. The van der Waals surface area contributed by atoms with Gasteiger partial charge in [0.25, 0.3) is 0 Å². The van der Waals surface area contributed by atoms with Crippen LogP contribution in [0.15, 0.2) is 22.7 Å². The van der Waals surface area contributed by atoms with E-state index in [1.807, 2.05) is 6.07 Å². The Labute approximate surface area is 132 Å². The van der Waals surface area contributed by atoms with E-state index in [1.54, 1.807) is 12.1 Å². The van der Waals surface area contributed by atoms with Crippen molar-refractivity contribution < 1.29 is 13.5 Å². The van der Waals surface area contributed by atoms with Crippen LogP contribution in [-0.2, 0) is 6.54 Å². The minimum absolute atomic E-state index is 0.237. The predicted octanol–water partition coefficient (Wildman–Crippen LogP) is 3.48. The van der Waals surface area contributed by atoms with E-state index in [4.69, 9.17) is 0 Å². The van der Waals surface area contributed by atoms with Crippen molar-refractivity contribution in [2.75, 3.05) is 26.7 Å². The third kappa shape index (κ3) is 5.52. The molecule has 1 saturated heterocycles. The van der Waals surface area contributed by atoms with Crippen molar-refractivity contribution in [3.63, 3.8) is 0 Å². The molecule has 1 atom stereocenters. The van der Waals surface area contributed by atoms with Crippen LogP contribution >= 0.6 is 15.9 Å². The summed E-state index contributed by atoms with van der Waals surface area (Å²) in [4.78, 5) is 2.33. The van der Waals surface area contributed by atoms with Crippen LogP contribution < -0.4 is 10.1 Å². The van der Waals surface area contributed by atoms with E-state index >= 15 is 0 Å². The molecule has 1 N–H and O–H groups in total. The van der Waals surface area contributed by atoms with Gasteiger partial charge in [0.2, 0.25) is 0 Å². The Morgan fingerprint density at radius 1 is 1.48 bits per heavy atom. The molecule has 0 saturated carbocycles. The SMILES string of the molecule is CN1CCCC(CNCc2cc(Br)ccc2OC(F)F)C1. The van der Waals surface area contributed by atoms with Crippen molar-refractivity contribution in [3.8, 4) is 5.75 Å². The molecule has 118 valence electrons. The summed E-state index contributed by atoms with van der Waals surface area (Å²) in [7, 11) is 2.13. The monoisotopic (exact) mass is 362 g/mol. The fourth-order valence-electron chi connectivity index (χ4n) is 2.75. The number of ether oxygens (including phenoxy) is 1. The lowest BCUT2D eigenvalue weighted by atomic mass is 9.98. The molecule has 1 unspecified atom stereocenters. The first kappa shape index (κ1) is 16.6. The van der Waals surface area contributed by atoms with E-state index in [2.05, 4.69) is 37.9 Å². The summed E-state index contributed by atoms with van der Waals surface area (Å²) >= 11 is 3.36. The van der Waals surface area contributed by atoms with E-state index in [-0.39, 0.29) is 5.75 Å². The van der Waals surface area contributed by atoms with Gasteiger partial charge in [-0.3, -0.25) is 0 Å². The van der Waals surface area contributed by atoms with E-state index in [0.717, 1.165) is 29.7 Å². The van der Waals surface area contributed by atoms with Gasteiger partial charge in [0, 0.05) is 23.1 Å². The summed E-state index contributed by atoms with van der Waals surface area (Å²) in [6, 6.07) is 5.09. The quantitative estimate of drug-likeness (QED) is 0.838. The van der Waals surface area contributed by atoms with Crippen LogP contribution in [0.3, 0.4) is 0 Å². The number of nitrogens with zero attached hydrogens (tertiary/aromatic N) is 1. The normalized spacial score (nSPS) is 20.0. The zero-order chi connectivity index (χ0) is 15.2. The van der Waals surface area contributed by atoms with Crippen LogP contribution in [0.2, 0.25) is 0 Å². The predicted molar refractivity (Wildman–Crippen MR) is 82.7 cm³/mol. The number of rotatable bonds is 6. The molecule has 1 fully saturated rings. The maximum absolute atomic E-state index is 12.4. The van der Waals surface area contributed by atoms with Crippen molar-refractivity contribution in [3.05, 3.63) is 28.2 Å². The van der Waals surface area contributed by atoms with Gasteiger partial charge >= 0.3 is 6.61 Å². The molecule has 3 nitrogen and oxygen atoms in total. The Morgan fingerprint density at radius 3 is 3.00 bits per heavy atom. The molecule has 0 bridgehead atoms. The molecule has 1 aromatic rings. The van der Waals surface area contributed by atoms with Gasteiger partial charge in [0.05, 0.1) is 0 Å². The van der Waals surface area contributed by atoms with Gasteiger partial charge in [-0.1, -0.05) is 15.9 Å². The van der Waals surface area contributed by atoms with Gasteiger partial charge in [-0.25, -0.2) is 0 Å². The van der Waals surface area contributed by atoms with Crippen LogP contribution in [-0.4, -0.2) is 38.2 Å². The average molecular weight is 363 g/mol. The summed E-state index contributed by atoms with van der Waals surface area (Å²) in [6.07, 6.45) is 2.44. The van der Waals surface area contributed by atoms with Crippen LogP contribution in [0.1, 0.15) is 18.4 Å². The Kier molecular flexibility index (Phi) is 6.39. The molecule has 0 radical (unpaired) electrons. The number of benzene rings is 1. The molecule has 1 heterocycles. The highest BCUT2D eigenvalue weighted by molar-refractivity contribution is 9.10. The standard InChI is InChI=1S/C15H21BrF2N2O/c1-20-6-2-3-11(10-20)8-19-9-12-7-13(16)4-5-14(12)21-15(17)18/h4-5,7,11,15,19H,2-3,6,8-10H2,1H3. The molecule has 1 aliphatic rings. The van der Waals surface area contributed by atoms with Gasteiger partial charge in [0.15, 0.2) is 0 Å². The van der Waals surface area contributed by atoms with Crippen LogP contribution in [0, 0.1) is 5.92 Å². The Balaban J connectivity index is 1.88. The van der Waals surface area contributed by atoms with Gasteiger partial charge < -0.3 is 15.0 Å². The molecule has 21 heavy (non-hydrogen) atoms. The number of hydrogen-bond donors (Lipinski definition) is 1. The van der Waals surface area contributed by atoms with E-state index < -0.39 is 6.61 Å². The highest BCUT2D eigenvalue weighted by atomic mass is 79.9. The lowest BCUT2D eigenvalue weighted by Crippen LogP contribution is -2.37. The first-order valence-electron chi connectivity index (χ1n) is 7.17. The molecule has 0 spiro atoms. The van der Waals surface area contributed by atoms with Crippen molar-refractivity contribution in [1.29, 1.82) is 0 Å². The molecular formula is C15H21BrF2N2O. The Bertz CT molecular complexity index is 459. The third-order valence-corrected chi connectivity index (χ3v) is 4.20. The molecule has 1 aromatic carbocycles. The molecule has 0 aliphatic carbocycles. The fraction of sp³-hybridized carbons (Fsp3) is 0.600. The summed E-state index contributed by atoms with van der Waals surface area (Å²) in [5, 5.41) is 3.36. The van der Waals surface area contributed by atoms with E-state index in [0.29, 0.717) is 12.5 Å². The largest absolute Gasteiger partial charge is 0.434 e. The first-order chi connectivity index (χ1) is 10.0. The molecule has 2 rings (SSSR count). The minimum atomic E-state index is -2.79. The molecule has 0 aromatic heterocycles. The maximum Gasteiger partial charge on any atom is 0.387 e. The number of piperidine rings is 1. The summed E-state index contributed by atoms with van der Waals surface area (Å²) in [5.74, 6) is 0.858. The van der Waals surface area contributed by atoms with E-state index in [1.165, 1.54) is 12.8 Å². The lowest BCUT2D eigenvalue weighted by Gasteiger charge is -2.29. The number of halogens is 3. The van der Waals surface area contributed by atoms with Gasteiger partial charge in [-0.15, -0.1) is 0 Å². The summed E-state index contributed by atoms with van der Waals surface area (Å²) < 4.78 is 30.2. The molecular weight excluding hydrogens is 342 g/mol. The van der Waals surface area contributed by atoms with Crippen molar-refractivity contribution in [2.45, 2.75) is 26.0 Å². The van der Waals surface area contributed by atoms with Crippen molar-refractivity contribution >= 4 is 15.9 Å². The number of hydrogen-bond acceptors (Lipinski definition) is 3. The van der Waals surface area contributed by atoms with Crippen molar-refractivity contribution in [1.82, 2.24) is 10.2 Å². The second-order valence-electron chi connectivity index (χ2n) is 5.53.